The lowest BCUT2D eigenvalue weighted by molar-refractivity contribution is -0.153. The zero-order chi connectivity index (χ0) is 13.0. The van der Waals surface area contributed by atoms with E-state index in [0.29, 0.717) is 12.5 Å². The van der Waals surface area contributed by atoms with Crippen LogP contribution in [0.3, 0.4) is 0 Å². The van der Waals surface area contributed by atoms with Crippen LogP contribution in [-0.4, -0.2) is 17.7 Å². The van der Waals surface area contributed by atoms with Crippen LogP contribution in [0.2, 0.25) is 0 Å². The maximum Gasteiger partial charge on any atom is 0.339 e. The van der Waals surface area contributed by atoms with Crippen LogP contribution in [0.5, 0.6) is 0 Å². The number of aliphatic hydroxyl groups is 1. The smallest absolute Gasteiger partial charge is 0.339 e. The Bertz CT molecular complexity index is 418. The number of hydrogen-bond acceptors (Lipinski definition) is 3. The van der Waals surface area contributed by atoms with Crippen LogP contribution in [-0.2, 0) is 16.0 Å². The maximum absolute atomic E-state index is 13.4. The van der Waals surface area contributed by atoms with Crippen molar-refractivity contribution >= 4 is 5.97 Å². The lowest BCUT2D eigenvalue weighted by Crippen LogP contribution is -2.17. The molecule has 3 nitrogen and oxygen atoms in total. The van der Waals surface area contributed by atoms with Crippen LogP contribution >= 0.6 is 0 Å². The molecule has 1 unspecified atom stereocenters. The van der Waals surface area contributed by atoms with E-state index in [1.165, 1.54) is 0 Å². The summed E-state index contributed by atoms with van der Waals surface area (Å²) in [6.07, 6.45) is -1.38. The Morgan fingerprint density at radius 1 is 1.35 bits per heavy atom. The van der Waals surface area contributed by atoms with E-state index in [1.807, 2.05) is 0 Å². The molecule has 1 atom stereocenters. The minimum absolute atomic E-state index is 0.0827. The average Bonchev–Trinajstić information content (AvgIpc) is 2.29. The molecule has 1 aromatic carbocycles. The van der Waals surface area contributed by atoms with Gasteiger partial charge < -0.3 is 9.84 Å². The average molecular weight is 244 g/mol. The third-order valence-electron chi connectivity index (χ3n) is 2.35. The van der Waals surface area contributed by atoms with Crippen LogP contribution in [0.25, 0.3) is 0 Å². The van der Waals surface area contributed by atoms with Crippen molar-refractivity contribution in [3.63, 3.8) is 0 Å². The molecule has 0 spiro atoms. The van der Waals surface area contributed by atoms with E-state index in [2.05, 4.69) is 4.74 Å². The topological polar surface area (TPSA) is 46.5 Å². The van der Waals surface area contributed by atoms with Crippen LogP contribution in [0.15, 0.2) is 12.1 Å². The molecule has 5 heteroatoms. The van der Waals surface area contributed by atoms with Crippen molar-refractivity contribution in [2.75, 3.05) is 6.61 Å². The highest BCUT2D eigenvalue weighted by molar-refractivity contribution is 5.76. The van der Waals surface area contributed by atoms with Crippen LogP contribution < -0.4 is 0 Å². The number of halogens is 2. The SMILES string of the molecule is CCOC(=O)C(O)c1cc(CC)c(F)cc1F. The molecule has 0 amide bonds. The summed E-state index contributed by atoms with van der Waals surface area (Å²) in [5.41, 5.74) is -0.0218. The van der Waals surface area contributed by atoms with Gasteiger partial charge in [-0.3, -0.25) is 0 Å². The van der Waals surface area contributed by atoms with E-state index in [0.717, 1.165) is 6.07 Å². The molecule has 17 heavy (non-hydrogen) atoms. The number of benzene rings is 1. The van der Waals surface area contributed by atoms with Crippen LogP contribution in [0, 0.1) is 11.6 Å². The van der Waals surface area contributed by atoms with Crippen LogP contribution in [0.1, 0.15) is 31.1 Å². The predicted molar refractivity (Wildman–Crippen MR) is 57.3 cm³/mol. The second kappa shape index (κ2) is 5.72. The molecule has 0 saturated carbocycles. The van der Waals surface area contributed by atoms with E-state index in [-0.39, 0.29) is 17.7 Å². The van der Waals surface area contributed by atoms with Crippen molar-refractivity contribution in [1.29, 1.82) is 0 Å². The second-order valence-electron chi connectivity index (χ2n) is 3.47. The summed E-state index contributed by atoms with van der Waals surface area (Å²) in [6, 6.07) is 1.81. The Hall–Kier alpha value is -1.49. The largest absolute Gasteiger partial charge is 0.464 e. The van der Waals surface area contributed by atoms with E-state index in [1.54, 1.807) is 13.8 Å². The first-order chi connectivity index (χ1) is 8.01. The monoisotopic (exact) mass is 244 g/mol. The molecule has 1 N–H and O–H groups in total. The molecule has 0 aliphatic carbocycles. The zero-order valence-corrected chi connectivity index (χ0v) is 9.67. The lowest BCUT2D eigenvalue weighted by atomic mass is 10.0. The van der Waals surface area contributed by atoms with Gasteiger partial charge in [-0.15, -0.1) is 0 Å². The van der Waals surface area contributed by atoms with Gasteiger partial charge in [0.2, 0.25) is 0 Å². The van der Waals surface area contributed by atoms with Gasteiger partial charge in [0.25, 0.3) is 0 Å². The molecule has 0 bridgehead atoms. The van der Waals surface area contributed by atoms with Crippen molar-refractivity contribution in [2.24, 2.45) is 0 Å². The Morgan fingerprint density at radius 3 is 2.53 bits per heavy atom. The van der Waals surface area contributed by atoms with E-state index >= 15 is 0 Å². The van der Waals surface area contributed by atoms with Crippen LogP contribution in [0.4, 0.5) is 8.78 Å². The molecule has 0 aromatic heterocycles. The molecular weight excluding hydrogens is 230 g/mol. The summed E-state index contributed by atoms with van der Waals surface area (Å²) in [4.78, 5) is 11.2. The molecular formula is C12H14F2O3. The molecule has 0 radical (unpaired) electrons. The molecule has 0 heterocycles. The van der Waals surface area contributed by atoms with Gasteiger partial charge >= 0.3 is 5.97 Å². The van der Waals surface area contributed by atoms with Crippen molar-refractivity contribution in [3.8, 4) is 0 Å². The molecule has 94 valence electrons. The molecule has 0 fully saturated rings. The lowest BCUT2D eigenvalue weighted by Gasteiger charge is -2.12. The number of hydrogen-bond donors (Lipinski definition) is 1. The van der Waals surface area contributed by atoms with Gasteiger partial charge in [-0.2, -0.15) is 0 Å². The highest BCUT2D eigenvalue weighted by atomic mass is 19.1. The highest BCUT2D eigenvalue weighted by Crippen LogP contribution is 2.22. The third-order valence-corrected chi connectivity index (χ3v) is 2.35. The first-order valence-corrected chi connectivity index (χ1v) is 5.33. The minimum atomic E-state index is -1.72. The standard InChI is InChI=1S/C12H14F2O3/c1-3-7-5-8(10(14)6-9(7)13)11(15)12(16)17-4-2/h5-6,11,15H,3-4H2,1-2H3. The number of aryl methyl sites for hydroxylation is 1. The van der Waals surface area contributed by atoms with E-state index < -0.39 is 23.7 Å². The van der Waals surface area contributed by atoms with Crippen molar-refractivity contribution < 1.29 is 23.4 Å². The van der Waals surface area contributed by atoms with Crippen molar-refractivity contribution in [1.82, 2.24) is 0 Å². The van der Waals surface area contributed by atoms with Gasteiger partial charge in [0.15, 0.2) is 6.10 Å². The summed E-state index contributed by atoms with van der Waals surface area (Å²) in [5, 5.41) is 9.57. The second-order valence-corrected chi connectivity index (χ2v) is 3.47. The number of aliphatic hydroxyl groups excluding tert-OH is 1. The van der Waals surface area contributed by atoms with Crippen molar-refractivity contribution in [2.45, 2.75) is 26.4 Å². The fraction of sp³-hybridized carbons (Fsp3) is 0.417. The van der Waals surface area contributed by atoms with Gasteiger partial charge in [0.05, 0.1) is 6.61 Å². The third kappa shape index (κ3) is 3.00. The number of esters is 1. The molecule has 1 rings (SSSR count). The van der Waals surface area contributed by atoms with Gasteiger partial charge in [0, 0.05) is 11.6 Å². The molecule has 0 aliphatic heterocycles. The van der Waals surface area contributed by atoms with E-state index in [9.17, 15) is 18.7 Å². The molecule has 0 saturated heterocycles. The quantitative estimate of drug-likeness (QED) is 0.825. The molecule has 1 aromatic rings. The molecule has 0 aliphatic rings. The normalized spacial score (nSPS) is 12.3. The Balaban J connectivity index is 3.08. The first kappa shape index (κ1) is 13.6. The summed E-state index contributed by atoms with van der Waals surface area (Å²) in [5.74, 6) is -2.59. The number of ether oxygens (including phenoxy) is 1. The fourth-order valence-electron chi connectivity index (χ4n) is 1.44. The van der Waals surface area contributed by atoms with Crippen molar-refractivity contribution in [3.05, 3.63) is 34.9 Å². The Kier molecular flexibility index (Phi) is 4.57. The summed E-state index contributed by atoms with van der Waals surface area (Å²) in [7, 11) is 0. The van der Waals surface area contributed by atoms with Gasteiger partial charge in [-0.25, -0.2) is 13.6 Å². The van der Waals surface area contributed by atoms with E-state index in [4.69, 9.17) is 0 Å². The zero-order valence-electron chi connectivity index (χ0n) is 9.67. The highest BCUT2D eigenvalue weighted by Gasteiger charge is 2.23. The summed E-state index contributed by atoms with van der Waals surface area (Å²) in [6.45, 7) is 3.35. The van der Waals surface area contributed by atoms with Gasteiger partial charge in [-0.05, 0) is 25.0 Å². The maximum atomic E-state index is 13.4. The van der Waals surface area contributed by atoms with Gasteiger partial charge in [0.1, 0.15) is 11.6 Å². The summed E-state index contributed by atoms with van der Waals surface area (Å²) < 4.78 is 31.2. The number of rotatable bonds is 4. The summed E-state index contributed by atoms with van der Waals surface area (Å²) >= 11 is 0. The van der Waals surface area contributed by atoms with Gasteiger partial charge in [-0.1, -0.05) is 6.92 Å². The minimum Gasteiger partial charge on any atom is -0.464 e. The Labute approximate surface area is 98.0 Å². The predicted octanol–water partition coefficient (Wildman–Crippen LogP) is 2.12. The Morgan fingerprint density at radius 2 is 2.00 bits per heavy atom. The number of carbonyl (C=O) groups excluding carboxylic acids is 1. The fourth-order valence-corrected chi connectivity index (χ4v) is 1.44. The number of carbonyl (C=O) groups is 1. The first-order valence-electron chi connectivity index (χ1n) is 5.33.